The third-order valence-corrected chi connectivity index (χ3v) is 4.74. The molecule has 16 heavy (non-hydrogen) atoms. The molecule has 0 aromatic carbocycles. The molecule has 0 aliphatic carbocycles. The Kier molecular flexibility index (Phi) is 6.47. The average Bonchev–Trinajstić information content (AvgIpc) is 2.24. The summed E-state index contributed by atoms with van der Waals surface area (Å²) in [5.74, 6) is 5.84. The molecule has 0 aliphatic heterocycles. The lowest BCUT2D eigenvalue weighted by Gasteiger charge is -2.32. The number of ether oxygens (including phenoxy) is 1. The van der Waals surface area contributed by atoms with Gasteiger partial charge < -0.3 is 4.74 Å². The Hall–Kier alpha value is -0.170. The van der Waals surface area contributed by atoms with Crippen molar-refractivity contribution in [1.82, 2.24) is 5.43 Å². The van der Waals surface area contributed by atoms with Crippen LogP contribution >= 0.6 is 0 Å². The van der Waals surface area contributed by atoms with Crippen molar-refractivity contribution >= 4 is 9.84 Å². The van der Waals surface area contributed by atoms with Crippen LogP contribution < -0.4 is 11.3 Å². The quantitative estimate of drug-likeness (QED) is 0.484. The van der Waals surface area contributed by atoms with Crippen molar-refractivity contribution in [2.45, 2.75) is 45.3 Å². The van der Waals surface area contributed by atoms with E-state index in [0.29, 0.717) is 12.8 Å². The predicted octanol–water partition coefficient (Wildman–Crippen LogP) is 0.458. The summed E-state index contributed by atoms with van der Waals surface area (Å²) in [6.45, 7) is 5.50. The van der Waals surface area contributed by atoms with Crippen LogP contribution in [-0.2, 0) is 14.6 Å². The lowest BCUT2D eigenvalue weighted by molar-refractivity contribution is -0.0126. The number of rotatable bonds is 8. The molecule has 1 atom stereocenters. The zero-order valence-corrected chi connectivity index (χ0v) is 11.4. The number of nitrogens with two attached hydrogens (primary N) is 1. The summed E-state index contributed by atoms with van der Waals surface area (Å²) in [5.41, 5.74) is 2.28. The molecule has 5 nitrogen and oxygen atoms in total. The number of hydrazine groups is 1. The van der Waals surface area contributed by atoms with E-state index in [1.165, 1.54) is 0 Å². The highest BCUT2D eigenvalue weighted by atomic mass is 32.2. The molecule has 6 heteroatoms. The summed E-state index contributed by atoms with van der Waals surface area (Å²) in [5, 5.41) is 0. The molecule has 0 saturated carbocycles. The second-order valence-corrected chi connectivity index (χ2v) is 6.88. The van der Waals surface area contributed by atoms with Gasteiger partial charge in [-0.25, -0.2) is 8.42 Å². The van der Waals surface area contributed by atoms with Crippen molar-refractivity contribution in [3.05, 3.63) is 0 Å². The Morgan fingerprint density at radius 1 is 1.44 bits per heavy atom. The smallest absolute Gasteiger partial charge is 0.150 e. The second-order valence-electron chi connectivity index (χ2n) is 4.41. The molecular weight excluding hydrogens is 228 g/mol. The summed E-state index contributed by atoms with van der Waals surface area (Å²) in [7, 11) is -1.27. The first kappa shape index (κ1) is 15.8. The summed E-state index contributed by atoms with van der Waals surface area (Å²) in [6, 6.07) is -0.0513. The third kappa shape index (κ3) is 5.25. The van der Waals surface area contributed by atoms with Crippen molar-refractivity contribution in [2.75, 3.05) is 18.6 Å². The van der Waals surface area contributed by atoms with Crippen LogP contribution in [0.5, 0.6) is 0 Å². The van der Waals surface area contributed by atoms with Gasteiger partial charge in [0.25, 0.3) is 0 Å². The van der Waals surface area contributed by atoms with Crippen LogP contribution in [0.3, 0.4) is 0 Å². The fourth-order valence-electron chi connectivity index (χ4n) is 1.43. The van der Waals surface area contributed by atoms with Gasteiger partial charge >= 0.3 is 0 Å². The maximum Gasteiger partial charge on any atom is 0.150 e. The van der Waals surface area contributed by atoms with E-state index in [2.05, 4.69) is 5.43 Å². The van der Waals surface area contributed by atoms with Crippen LogP contribution in [0, 0.1) is 0 Å². The Morgan fingerprint density at radius 2 is 2.00 bits per heavy atom. The van der Waals surface area contributed by atoms with Crippen LogP contribution in [0.25, 0.3) is 0 Å². The van der Waals surface area contributed by atoms with E-state index in [9.17, 15) is 8.42 Å². The molecular formula is C10H24N2O3S. The molecule has 1 unspecified atom stereocenters. The fourth-order valence-corrected chi connectivity index (χ4v) is 2.32. The molecule has 0 spiro atoms. The molecule has 98 valence electrons. The van der Waals surface area contributed by atoms with E-state index >= 15 is 0 Å². The van der Waals surface area contributed by atoms with E-state index in [1.807, 2.05) is 13.8 Å². The first-order valence-corrected chi connectivity index (χ1v) is 7.33. The SMILES string of the molecule is CCS(=O)(=O)CCCC(NN)C(C)(C)OC. The minimum atomic E-state index is -2.89. The first-order valence-electron chi connectivity index (χ1n) is 5.50. The second kappa shape index (κ2) is 6.54. The third-order valence-electron chi connectivity index (χ3n) is 2.95. The van der Waals surface area contributed by atoms with Gasteiger partial charge in [0.05, 0.1) is 11.4 Å². The minimum absolute atomic E-state index is 0.0513. The number of hydrogen-bond acceptors (Lipinski definition) is 5. The zero-order chi connectivity index (χ0) is 12.8. The van der Waals surface area contributed by atoms with Gasteiger partial charge in [0.2, 0.25) is 0 Å². The molecule has 0 bridgehead atoms. The van der Waals surface area contributed by atoms with E-state index in [1.54, 1.807) is 14.0 Å². The molecule has 3 N–H and O–H groups in total. The summed E-state index contributed by atoms with van der Waals surface area (Å²) in [4.78, 5) is 0. The van der Waals surface area contributed by atoms with Gasteiger partial charge in [-0.2, -0.15) is 0 Å². The summed E-state index contributed by atoms with van der Waals surface area (Å²) < 4.78 is 27.9. The first-order chi connectivity index (χ1) is 7.29. The molecule has 0 aromatic heterocycles. The van der Waals surface area contributed by atoms with Crippen LogP contribution in [0.1, 0.15) is 33.6 Å². The monoisotopic (exact) mass is 252 g/mol. The highest BCUT2D eigenvalue weighted by Crippen LogP contribution is 2.17. The number of methoxy groups -OCH3 is 1. The van der Waals surface area contributed by atoms with Crippen molar-refractivity contribution < 1.29 is 13.2 Å². The Labute approximate surface area is 98.6 Å². The van der Waals surface area contributed by atoms with Gasteiger partial charge in [-0.1, -0.05) is 6.92 Å². The minimum Gasteiger partial charge on any atom is -0.377 e. The lowest BCUT2D eigenvalue weighted by atomic mass is 9.95. The van der Waals surface area contributed by atoms with E-state index in [0.717, 1.165) is 0 Å². The molecule has 0 radical (unpaired) electrons. The van der Waals surface area contributed by atoms with E-state index < -0.39 is 15.4 Å². The molecule has 0 aromatic rings. The molecule has 0 aliphatic rings. The van der Waals surface area contributed by atoms with Gasteiger partial charge in [0, 0.05) is 18.9 Å². The zero-order valence-electron chi connectivity index (χ0n) is 10.6. The van der Waals surface area contributed by atoms with Crippen LogP contribution in [0.15, 0.2) is 0 Å². The van der Waals surface area contributed by atoms with Gasteiger partial charge in [0.15, 0.2) is 0 Å². The molecule has 0 saturated heterocycles. The standard InChI is InChI=1S/C10H24N2O3S/c1-5-16(13,14)8-6-7-9(12-11)10(2,3)15-4/h9,12H,5-8,11H2,1-4H3. The van der Waals surface area contributed by atoms with Crippen molar-refractivity contribution in [2.24, 2.45) is 5.84 Å². The number of nitrogens with one attached hydrogen (secondary N) is 1. The summed E-state index contributed by atoms with van der Waals surface area (Å²) >= 11 is 0. The van der Waals surface area contributed by atoms with Crippen molar-refractivity contribution in [3.63, 3.8) is 0 Å². The van der Waals surface area contributed by atoms with Gasteiger partial charge in [-0.3, -0.25) is 11.3 Å². The average molecular weight is 252 g/mol. The van der Waals surface area contributed by atoms with Crippen LogP contribution in [-0.4, -0.2) is 38.7 Å². The fraction of sp³-hybridized carbons (Fsp3) is 1.00. The number of hydrogen-bond donors (Lipinski definition) is 2. The maximum absolute atomic E-state index is 11.3. The van der Waals surface area contributed by atoms with Crippen molar-refractivity contribution in [1.29, 1.82) is 0 Å². The molecule has 0 fully saturated rings. The highest BCUT2D eigenvalue weighted by molar-refractivity contribution is 7.91. The molecule has 0 heterocycles. The van der Waals surface area contributed by atoms with Gasteiger partial charge in [0.1, 0.15) is 9.84 Å². The van der Waals surface area contributed by atoms with Gasteiger partial charge in [-0.05, 0) is 26.7 Å². The number of sulfone groups is 1. The Bertz CT molecular complexity index is 288. The lowest BCUT2D eigenvalue weighted by Crippen LogP contribution is -2.51. The normalized spacial score (nSPS) is 15.1. The van der Waals surface area contributed by atoms with E-state index in [4.69, 9.17) is 10.6 Å². The van der Waals surface area contributed by atoms with Gasteiger partial charge in [-0.15, -0.1) is 0 Å². The Morgan fingerprint density at radius 3 is 2.38 bits per heavy atom. The van der Waals surface area contributed by atoms with Crippen molar-refractivity contribution in [3.8, 4) is 0 Å². The topological polar surface area (TPSA) is 81.4 Å². The highest BCUT2D eigenvalue weighted by Gasteiger charge is 2.28. The Balaban J connectivity index is 4.18. The van der Waals surface area contributed by atoms with Crippen LogP contribution in [0.2, 0.25) is 0 Å². The largest absolute Gasteiger partial charge is 0.377 e. The molecule has 0 rings (SSSR count). The predicted molar refractivity (Wildman–Crippen MR) is 65.8 cm³/mol. The maximum atomic E-state index is 11.3. The van der Waals surface area contributed by atoms with Crippen LogP contribution in [0.4, 0.5) is 0 Å². The summed E-state index contributed by atoms with van der Waals surface area (Å²) in [6.07, 6.45) is 1.27. The van der Waals surface area contributed by atoms with E-state index in [-0.39, 0.29) is 17.5 Å². The molecule has 0 amide bonds.